The summed E-state index contributed by atoms with van der Waals surface area (Å²) in [4.78, 5) is 0. The molecule has 0 aliphatic heterocycles. The van der Waals surface area contributed by atoms with E-state index < -0.39 is 0 Å². The summed E-state index contributed by atoms with van der Waals surface area (Å²) in [6.45, 7) is 6.90. The van der Waals surface area contributed by atoms with Crippen LogP contribution >= 0.6 is 0 Å². The van der Waals surface area contributed by atoms with E-state index in [-0.39, 0.29) is 0 Å². The molecular weight excluding hydrogens is 96.1 g/mol. The van der Waals surface area contributed by atoms with Crippen molar-refractivity contribution in [1.82, 2.24) is 0 Å². The van der Waals surface area contributed by atoms with Crippen LogP contribution < -0.4 is 0 Å². The minimum atomic E-state index is 1.55. The van der Waals surface area contributed by atoms with Crippen molar-refractivity contribution >= 4 is 0 Å². The van der Waals surface area contributed by atoms with Gasteiger partial charge in [-0.25, -0.2) is 0 Å². The molecule has 0 aromatic rings. The Morgan fingerprint density at radius 1 is 1.12 bits per heavy atom. The summed E-state index contributed by atoms with van der Waals surface area (Å²) in [5.74, 6) is 5.38. The molecule has 0 bridgehead atoms. The Bertz CT molecular complexity index is 151. The lowest BCUT2D eigenvalue weighted by Gasteiger charge is -1.61. The Balaban J connectivity index is 3.56. The van der Waals surface area contributed by atoms with Gasteiger partial charge in [0.15, 0.2) is 0 Å². The highest BCUT2D eigenvalue weighted by Gasteiger charge is 1.51. The van der Waals surface area contributed by atoms with Gasteiger partial charge in [-0.1, -0.05) is 37.2 Å². The van der Waals surface area contributed by atoms with E-state index in [1.54, 1.807) is 24.3 Å². The van der Waals surface area contributed by atoms with Gasteiger partial charge in [0, 0.05) is 0 Å². The maximum atomic E-state index is 3.48. The summed E-state index contributed by atoms with van der Waals surface area (Å²) in [5, 5.41) is 0. The zero-order valence-electron chi connectivity index (χ0n) is 4.72. The van der Waals surface area contributed by atoms with Gasteiger partial charge in [-0.05, 0) is 12.2 Å². The summed E-state index contributed by atoms with van der Waals surface area (Å²) in [6, 6.07) is 0. The number of allylic oxidation sites excluding steroid dienone is 4. The molecule has 0 heterocycles. The van der Waals surface area contributed by atoms with Crippen LogP contribution in [0.2, 0.25) is 0 Å². The maximum absolute atomic E-state index is 3.48. The molecule has 0 fully saturated rings. The molecule has 0 N–H and O–H groups in total. The van der Waals surface area contributed by atoms with Gasteiger partial charge in [-0.2, -0.15) is 0 Å². The van der Waals surface area contributed by atoms with Crippen molar-refractivity contribution in [2.75, 3.05) is 0 Å². The van der Waals surface area contributed by atoms with Crippen LogP contribution in [-0.2, 0) is 0 Å². The van der Waals surface area contributed by atoms with Gasteiger partial charge in [0.2, 0.25) is 0 Å². The molecular formula is C8H8. The van der Waals surface area contributed by atoms with E-state index in [0.717, 1.165) is 0 Å². The van der Waals surface area contributed by atoms with Gasteiger partial charge < -0.3 is 0 Å². The summed E-state index contributed by atoms with van der Waals surface area (Å²) >= 11 is 0. The van der Waals surface area contributed by atoms with Crippen LogP contribution in [0.1, 0.15) is 0 Å². The highest BCUT2D eigenvalue weighted by molar-refractivity contribution is 5.23. The lowest BCUT2D eigenvalue weighted by Crippen LogP contribution is -1.46. The molecule has 0 amide bonds. The Hall–Kier alpha value is -1.22. The predicted octanol–water partition coefficient (Wildman–Crippen LogP) is 1.92. The van der Waals surface area contributed by atoms with Gasteiger partial charge >= 0.3 is 0 Å². The Labute approximate surface area is 50.2 Å². The third-order valence-corrected chi connectivity index (χ3v) is 0.501. The monoisotopic (exact) mass is 104 g/mol. The lowest BCUT2D eigenvalue weighted by atomic mass is 10.5. The van der Waals surface area contributed by atoms with E-state index in [4.69, 9.17) is 0 Å². The molecule has 0 aliphatic carbocycles. The summed E-state index contributed by atoms with van der Waals surface area (Å²) in [5.41, 5.74) is 0. The van der Waals surface area contributed by atoms with Crippen molar-refractivity contribution < 1.29 is 0 Å². The van der Waals surface area contributed by atoms with Crippen molar-refractivity contribution in [3.63, 3.8) is 0 Å². The van der Waals surface area contributed by atoms with Crippen LogP contribution in [0.3, 0.4) is 0 Å². The first-order valence-electron chi connectivity index (χ1n) is 2.31. The molecule has 0 unspecified atom stereocenters. The molecule has 0 spiro atoms. The van der Waals surface area contributed by atoms with Gasteiger partial charge in [-0.3, -0.25) is 0 Å². The van der Waals surface area contributed by atoms with E-state index in [1.165, 1.54) is 0 Å². The largest absolute Gasteiger partial charge is 0.0990 e. The van der Waals surface area contributed by atoms with Crippen molar-refractivity contribution in [3.05, 3.63) is 37.5 Å². The topological polar surface area (TPSA) is 0 Å². The average molecular weight is 104 g/mol. The van der Waals surface area contributed by atoms with Gasteiger partial charge in [0.1, 0.15) is 0 Å². The van der Waals surface area contributed by atoms with E-state index >= 15 is 0 Å². The molecule has 0 radical (unpaired) electrons. The van der Waals surface area contributed by atoms with Crippen molar-refractivity contribution in [2.45, 2.75) is 0 Å². The van der Waals surface area contributed by atoms with E-state index in [9.17, 15) is 0 Å². The smallest absolute Gasteiger partial charge is 0.0116 e. The van der Waals surface area contributed by atoms with Crippen LogP contribution in [-0.4, -0.2) is 0 Å². The molecule has 0 saturated carbocycles. The van der Waals surface area contributed by atoms with Crippen LogP contribution in [0.5, 0.6) is 0 Å². The molecule has 40 valence electrons. The van der Waals surface area contributed by atoms with E-state index in [2.05, 4.69) is 25.0 Å². The van der Waals surface area contributed by atoms with Crippen LogP contribution in [0.25, 0.3) is 0 Å². The minimum Gasteiger partial charge on any atom is -0.0990 e. The fourth-order valence-electron chi connectivity index (χ4n) is 0.223. The maximum Gasteiger partial charge on any atom is -0.0116 e. The van der Waals surface area contributed by atoms with Gasteiger partial charge in [0.25, 0.3) is 0 Å². The molecule has 0 aliphatic rings. The zero-order valence-corrected chi connectivity index (χ0v) is 4.72. The summed E-state index contributed by atoms with van der Waals surface area (Å²) in [7, 11) is 0. The van der Waals surface area contributed by atoms with Crippen molar-refractivity contribution in [2.24, 2.45) is 0 Å². The Morgan fingerprint density at radius 2 is 1.88 bits per heavy atom. The molecule has 0 rings (SSSR count). The highest BCUT2D eigenvalue weighted by Crippen LogP contribution is 1.68. The van der Waals surface area contributed by atoms with Gasteiger partial charge in [-0.15, -0.1) is 0 Å². The first-order valence-corrected chi connectivity index (χ1v) is 2.31. The van der Waals surface area contributed by atoms with Crippen molar-refractivity contribution in [1.29, 1.82) is 0 Å². The van der Waals surface area contributed by atoms with Gasteiger partial charge in [0.05, 0.1) is 0 Å². The van der Waals surface area contributed by atoms with Crippen LogP contribution in [0.15, 0.2) is 37.5 Å². The highest BCUT2D eigenvalue weighted by atomic mass is 13.6. The third-order valence-electron chi connectivity index (χ3n) is 0.501. The fraction of sp³-hybridized carbons (Fsp3) is 0. The number of hydrogen-bond acceptors (Lipinski definition) is 0. The van der Waals surface area contributed by atoms with Crippen LogP contribution in [0.4, 0.5) is 0 Å². The molecule has 0 heteroatoms. The molecule has 8 heavy (non-hydrogen) atoms. The summed E-state index contributed by atoms with van der Waals surface area (Å²) < 4.78 is 0. The predicted molar refractivity (Wildman–Crippen MR) is 37.3 cm³/mol. The SMILES string of the molecule is C=CC#C/C=C\C=C. The van der Waals surface area contributed by atoms with Crippen LogP contribution in [0, 0.1) is 11.8 Å². The Kier molecular flexibility index (Phi) is 4.90. The molecule has 0 aromatic heterocycles. The Morgan fingerprint density at radius 3 is 2.38 bits per heavy atom. The fourth-order valence-corrected chi connectivity index (χ4v) is 0.223. The molecule has 0 aromatic carbocycles. The first kappa shape index (κ1) is 6.78. The lowest BCUT2D eigenvalue weighted by molar-refractivity contribution is 2.03. The first-order chi connectivity index (χ1) is 3.91. The zero-order chi connectivity index (χ0) is 6.24. The second kappa shape index (κ2) is 5.78. The van der Waals surface area contributed by atoms with E-state index in [1.807, 2.05) is 0 Å². The van der Waals surface area contributed by atoms with E-state index in [0.29, 0.717) is 0 Å². The number of hydrogen-bond donors (Lipinski definition) is 0. The average Bonchev–Trinajstić information content (AvgIpc) is 1.81. The minimum absolute atomic E-state index is 1.55. The normalized spacial score (nSPS) is 7.50. The number of rotatable bonds is 1. The van der Waals surface area contributed by atoms with Crippen molar-refractivity contribution in [3.8, 4) is 11.8 Å². The molecule has 0 atom stereocenters. The molecule has 0 nitrogen and oxygen atoms in total. The second-order valence-corrected chi connectivity index (χ2v) is 1.09. The standard InChI is InChI=1S/C8H8/c1-3-5-7-8-6-4-2/h3-5,7H,1-2H2/b7-5-. The molecule has 0 saturated heterocycles. The second-order valence-electron chi connectivity index (χ2n) is 1.09. The quantitative estimate of drug-likeness (QED) is 0.352. The summed E-state index contributed by atoms with van der Waals surface area (Å²) in [6.07, 6.45) is 6.72. The third kappa shape index (κ3) is 4.78.